The fourth-order valence-electron chi connectivity index (χ4n) is 8.84. The van der Waals surface area contributed by atoms with E-state index in [4.69, 9.17) is 15.2 Å². The Morgan fingerprint density at radius 1 is 0.828 bits per heavy atom. The Hall–Kier alpha value is -4.42. The molecule has 17 heteroatoms. The molecule has 0 aromatic heterocycles. The van der Waals surface area contributed by atoms with Gasteiger partial charge in [-0.15, -0.1) is 0 Å². The molecule has 0 spiro atoms. The van der Waals surface area contributed by atoms with Crippen molar-refractivity contribution in [1.29, 1.82) is 0 Å². The van der Waals surface area contributed by atoms with E-state index >= 15 is 0 Å². The summed E-state index contributed by atoms with van der Waals surface area (Å²) in [6.45, 7) is 14.0. The number of benzene rings is 2. The molecular weight excluding hydrogens is 839 g/mol. The van der Waals surface area contributed by atoms with Gasteiger partial charge in [-0.05, 0) is 68.0 Å². The van der Waals surface area contributed by atoms with E-state index in [9.17, 15) is 32.4 Å². The molecule has 1 aliphatic heterocycles. The number of nitrogens with one attached hydrogen (secondary N) is 3. The molecule has 358 valence electrons. The van der Waals surface area contributed by atoms with Gasteiger partial charge >= 0.3 is 0 Å². The molecular formula is C47H75N7O9S. The Morgan fingerprint density at radius 2 is 1.45 bits per heavy atom. The van der Waals surface area contributed by atoms with Crippen molar-refractivity contribution in [3.63, 3.8) is 0 Å². The molecule has 16 nitrogen and oxygen atoms in total. The molecule has 0 radical (unpaired) electrons. The van der Waals surface area contributed by atoms with Crippen LogP contribution in [0.25, 0.3) is 0 Å². The fourth-order valence-corrected chi connectivity index (χ4v) is 9.86. The summed E-state index contributed by atoms with van der Waals surface area (Å²) in [7, 11) is 4.06. The maximum absolute atomic E-state index is 14.4. The van der Waals surface area contributed by atoms with E-state index < -0.39 is 70.2 Å². The average molecular weight is 914 g/mol. The number of methoxy groups -OCH3 is 2. The van der Waals surface area contributed by atoms with Crippen molar-refractivity contribution in [2.45, 2.75) is 134 Å². The van der Waals surface area contributed by atoms with Gasteiger partial charge in [0.2, 0.25) is 23.6 Å². The highest BCUT2D eigenvalue weighted by Gasteiger charge is 2.43. The van der Waals surface area contributed by atoms with Gasteiger partial charge in [0.1, 0.15) is 12.1 Å². The van der Waals surface area contributed by atoms with Crippen LogP contribution < -0.4 is 21.1 Å². The maximum Gasteiger partial charge on any atom is 0.264 e. The Kier molecular flexibility index (Phi) is 20.9. The summed E-state index contributed by atoms with van der Waals surface area (Å²) in [4.78, 5) is 75.1. The highest BCUT2D eigenvalue weighted by Crippen LogP contribution is 2.30. The number of hydrogen-bond donors (Lipinski definition) is 4. The third kappa shape index (κ3) is 14.0. The van der Waals surface area contributed by atoms with E-state index in [0.717, 1.165) is 5.56 Å². The van der Waals surface area contributed by atoms with E-state index in [1.165, 1.54) is 26.4 Å². The maximum atomic E-state index is 14.4. The van der Waals surface area contributed by atoms with Gasteiger partial charge in [-0.2, -0.15) is 0 Å². The molecule has 0 bridgehead atoms. The summed E-state index contributed by atoms with van der Waals surface area (Å²) >= 11 is 0. The van der Waals surface area contributed by atoms with Crippen LogP contribution in [0.15, 0.2) is 59.5 Å². The molecule has 0 aliphatic carbocycles. The van der Waals surface area contributed by atoms with Gasteiger partial charge in [0.05, 0.1) is 47.6 Å². The first-order valence-electron chi connectivity index (χ1n) is 22.4. The minimum absolute atomic E-state index is 0.00396. The zero-order valence-corrected chi connectivity index (χ0v) is 40.8. The Bertz CT molecular complexity index is 1940. The van der Waals surface area contributed by atoms with Crippen LogP contribution in [0, 0.1) is 23.7 Å². The zero-order valence-electron chi connectivity index (χ0n) is 40.0. The summed E-state index contributed by atoms with van der Waals surface area (Å²) in [5, 5.41) is 5.80. The normalized spacial score (nSPS) is 18.1. The number of likely N-dealkylation sites (N-methyl/N-ethyl adjacent to an activating group) is 2. The first-order chi connectivity index (χ1) is 30.1. The van der Waals surface area contributed by atoms with Crippen LogP contribution in [0.4, 0.5) is 0 Å². The molecule has 2 aromatic rings. The highest BCUT2D eigenvalue weighted by molar-refractivity contribution is 7.90. The molecule has 9 atom stereocenters. The quantitative estimate of drug-likeness (QED) is 0.120. The predicted molar refractivity (Wildman–Crippen MR) is 247 cm³/mol. The molecule has 8 unspecified atom stereocenters. The third-order valence-electron chi connectivity index (χ3n) is 12.6. The number of rotatable bonds is 24. The van der Waals surface area contributed by atoms with E-state index in [-0.39, 0.29) is 59.8 Å². The van der Waals surface area contributed by atoms with Crippen molar-refractivity contribution >= 4 is 39.6 Å². The lowest BCUT2D eigenvalue weighted by atomic mass is 9.89. The average Bonchev–Trinajstić information content (AvgIpc) is 3.74. The Balaban J connectivity index is 1.83. The summed E-state index contributed by atoms with van der Waals surface area (Å²) in [5.41, 5.74) is 7.08. The second-order valence-electron chi connectivity index (χ2n) is 18.0. The number of ether oxygens (including phenoxy) is 2. The predicted octanol–water partition coefficient (Wildman–Crippen LogP) is 3.33. The lowest BCUT2D eigenvalue weighted by Gasteiger charge is -2.41. The molecule has 5 amide bonds. The number of nitrogens with zero attached hydrogens (tertiary/aromatic N) is 3. The van der Waals surface area contributed by atoms with Crippen LogP contribution in [-0.4, -0.2) is 137 Å². The minimum atomic E-state index is -4.30. The first kappa shape index (κ1) is 53.9. The molecule has 0 saturated carbocycles. The van der Waals surface area contributed by atoms with Gasteiger partial charge in [0.25, 0.3) is 15.9 Å². The van der Waals surface area contributed by atoms with Gasteiger partial charge in [-0.25, -0.2) is 13.1 Å². The molecule has 1 saturated heterocycles. The number of carbonyl (C=O) groups is 5. The number of hydrogen-bond acceptors (Lipinski definition) is 11. The zero-order chi connectivity index (χ0) is 48.1. The van der Waals surface area contributed by atoms with E-state index in [2.05, 4.69) is 15.4 Å². The van der Waals surface area contributed by atoms with Crippen LogP contribution in [0.2, 0.25) is 0 Å². The first-order valence-corrected chi connectivity index (χ1v) is 23.9. The van der Waals surface area contributed by atoms with Crippen LogP contribution in [0.3, 0.4) is 0 Å². The topological polar surface area (TPSA) is 210 Å². The van der Waals surface area contributed by atoms with Gasteiger partial charge < -0.3 is 35.6 Å². The lowest BCUT2D eigenvalue weighted by molar-refractivity contribution is -0.148. The fraction of sp³-hybridized carbons (Fsp3) is 0.638. The SMILES string of the molecule is CCC(C)C(C(CC(=O)N1CCC[C@H]1C(OC)C(C)C(=O)NC(Cc1ccccc1)C(=O)NS(=O)(=O)c1ccc(CN)cc1)OC)N(C)C(=O)C(NC(=O)C(C(C)C)N(C)C)C(C)C. The molecule has 3 rings (SSSR count). The summed E-state index contributed by atoms with van der Waals surface area (Å²) in [6.07, 6.45) is 0.325. The van der Waals surface area contributed by atoms with Crippen molar-refractivity contribution in [3.05, 3.63) is 65.7 Å². The molecule has 1 aliphatic rings. The molecule has 2 aromatic carbocycles. The van der Waals surface area contributed by atoms with Crippen LogP contribution >= 0.6 is 0 Å². The number of likely N-dealkylation sites (tertiary alicyclic amines) is 1. The van der Waals surface area contributed by atoms with Gasteiger partial charge in [-0.1, -0.05) is 97.4 Å². The van der Waals surface area contributed by atoms with Gasteiger partial charge in [0, 0.05) is 40.8 Å². The summed E-state index contributed by atoms with van der Waals surface area (Å²) < 4.78 is 40.7. The van der Waals surface area contributed by atoms with Crippen molar-refractivity contribution < 1.29 is 41.9 Å². The monoisotopic (exact) mass is 914 g/mol. The van der Waals surface area contributed by atoms with E-state index in [0.29, 0.717) is 31.4 Å². The Morgan fingerprint density at radius 3 is 1.97 bits per heavy atom. The number of carbonyl (C=O) groups excluding carboxylic acids is 5. The smallest absolute Gasteiger partial charge is 0.264 e. The lowest BCUT2D eigenvalue weighted by Crippen LogP contribution is -2.59. The van der Waals surface area contributed by atoms with Crippen molar-refractivity contribution in [3.8, 4) is 0 Å². The summed E-state index contributed by atoms with van der Waals surface area (Å²) in [6, 6.07) is 11.2. The van der Waals surface area contributed by atoms with Gasteiger partial charge in [0.15, 0.2) is 0 Å². The minimum Gasteiger partial charge on any atom is -0.379 e. The summed E-state index contributed by atoms with van der Waals surface area (Å²) in [5.74, 6) is -3.39. The van der Waals surface area contributed by atoms with Crippen molar-refractivity contribution in [2.24, 2.45) is 29.4 Å². The second-order valence-corrected chi connectivity index (χ2v) is 19.7. The van der Waals surface area contributed by atoms with Crippen LogP contribution in [0.5, 0.6) is 0 Å². The van der Waals surface area contributed by atoms with Crippen LogP contribution in [-0.2, 0) is 56.4 Å². The third-order valence-corrected chi connectivity index (χ3v) is 13.9. The highest BCUT2D eigenvalue weighted by atomic mass is 32.2. The van der Waals surface area contributed by atoms with Gasteiger partial charge in [-0.3, -0.25) is 28.9 Å². The van der Waals surface area contributed by atoms with Crippen LogP contribution in [0.1, 0.15) is 85.3 Å². The van der Waals surface area contributed by atoms with Crippen molar-refractivity contribution in [1.82, 2.24) is 30.1 Å². The largest absolute Gasteiger partial charge is 0.379 e. The molecule has 1 heterocycles. The second kappa shape index (κ2) is 24.8. The molecule has 64 heavy (non-hydrogen) atoms. The number of sulfonamides is 1. The number of amides is 5. The standard InChI is InChI=1S/C47H75N7O9S/c1-13-31(6)42(53(10)47(59)40(29(2)3)50-46(58)41(30(4)5)52(8)9)38(62-11)27-39(55)54-25-17-20-37(54)43(63-12)32(7)44(56)49-36(26-33-18-15-14-16-19-33)45(57)51-64(60,61)35-23-21-34(28-48)22-24-35/h14-16,18-19,21-24,29-32,36-38,40-43H,13,17,20,25-28,48H2,1-12H3,(H,49,56)(H,50,58)(H,51,57)/t31?,32?,36?,37-,38?,40?,41?,42?,43?/m0/s1. The number of nitrogens with two attached hydrogens (primary N) is 1. The molecule has 1 fully saturated rings. The molecule has 5 N–H and O–H groups in total. The Labute approximate surface area is 381 Å². The van der Waals surface area contributed by atoms with Crippen molar-refractivity contribution in [2.75, 3.05) is 41.9 Å². The van der Waals surface area contributed by atoms with E-state index in [1.807, 2.05) is 66.6 Å². The van der Waals surface area contributed by atoms with E-state index in [1.54, 1.807) is 60.2 Å².